The number of carbonyl (C=O) groups is 2. The fraction of sp³-hybridized carbons (Fsp3) is 0.188. The van der Waals surface area contributed by atoms with Gasteiger partial charge in [0.05, 0.1) is 24.4 Å². The average molecular weight is 646 g/mol. The van der Waals surface area contributed by atoms with Crippen LogP contribution >= 0.6 is 11.8 Å². The van der Waals surface area contributed by atoms with Crippen molar-refractivity contribution in [3.8, 4) is 0 Å². The Bertz CT molecular complexity index is 1710. The lowest BCUT2D eigenvalue weighted by molar-refractivity contribution is -0.245. The van der Waals surface area contributed by atoms with Crippen LogP contribution in [0, 0.1) is 29.1 Å². The van der Waals surface area contributed by atoms with Crippen molar-refractivity contribution in [2.24, 2.45) is 0 Å². The lowest BCUT2D eigenvalue weighted by Gasteiger charge is -2.36. The van der Waals surface area contributed by atoms with Crippen LogP contribution in [0.4, 0.5) is 27.6 Å². The summed E-state index contributed by atoms with van der Waals surface area (Å²) in [5.74, 6) is -13.7. The Morgan fingerprint density at radius 1 is 0.822 bits per heavy atom. The van der Waals surface area contributed by atoms with Crippen LogP contribution in [0.1, 0.15) is 56.2 Å². The van der Waals surface area contributed by atoms with Gasteiger partial charge in [0, 0.05) is 28.3 Å². The Morgan fingerprint density at radius 2 is 1.49 bits per heavy atom. The number of carbonyl (C=O) groups excluding carboxylic acids is 1. The number of rotatable bonds is 9. The summed E-state index contributed by atoms with van der Waals surface area (Å²) < 4.78 is 81.7. The third-order valence-corrected chi connectivity index (χ3v) is 8.22. The van der Waals surface area contributed by atoms with Gasteiger partial charge in [-0.1, -0.05) is 48.5 Å². The molecule has 5 rings (SSSR count). The van der Waals surface area contributed by atoms with Gasteiger partial charge in [-0.2, -0.15) is 0 Å². The second-order valence-corrected chi connectivity index (χ2v) is 11.0. The number of nitrogens with one attached hydrogen (secondary N) is 1. The molecule has 3 unspecified atom stereocenters. The molecule has 7 nitrogen and oxygen atoms in total. The molecule has 1 amide bonds. The van der Waals surface area contributed by atoms with E-state index in [2.05, 4.69) is 5.32 Å². The van der Waals surface area contributed by atoms with Crippen LogP contribution in [0.25, 0.3) is 0 Å². The first-order valence-corrected chi connectivity index (χ1v) is 14.4. The minimum atomic E-state index is -2.38. The summed E-state index contributed by atoms with van der Waals surface area (Å²) in [4.78, 5) is 24.8. The molecule has 13 heteroatoms. The van der Waals surface area contributed by atoms with Crippen molar-refractivity contribution >= 4 is 29.3 Å². The first kappa shape index (κ1) is 32.1. The summed E-state index contributed by atoms with van der Waals surface area (Å²) in [6, 6.07) is 19.4. The van der Waals surface area contributed by atoms with E-state index in [1.807, 2.05) is 0 Å². The lowest BCUT2D eigenvalue weighted by Crippen LogP contribution is -2.31. The fourth-order valence-electron chi connectivity index (χ4n) is 4.74. The number of carboxylic acids is 1. The molecule has 0 aromatic heterocycles. The van der Waals surface area contributed by atoms with Gasteiger partial charge in [0.2, 0.25) is 5.82 Å². The van der Waals surface area contributed by atoms with Crippen molar-refractivity contribution in [2.45, 2.75) is 36.4 Å². The highest BCUT2D eigenvalue weighted by Gasteiger charge is 2.33. The van der Waals surface area contributed by atoms with Crippen molar-refractivity contribution in [1.82, 2.24) is 0 Å². The van der Waals surface area contributed by atoms with Crippen LogP contribution in [0.3, 0.4) is 0 Å². The van der Waals surface area contributed by atoms with Gasteiger partial charge in [-0.3, -0.25) is 4.79 Å². The molecule has 0 saturated carbocycles. The molecule has 0 spiro atoms. The molecular weight excluding hydrogens is 621 g/mol. The first-order chi connectivity index (χ1) is 21.6. The van der Waals surface area contributed by atoms with Crippen molar-refractivity contribution in [2.75, 3.05) is 11.1 Å². The van der Waals surface area contributed by atoms with Crippen molar-refractivity contribution in [3.63, 3.8) is 0 Å². The number of ether oxygens (including phenoxy) is 2. The number of amides is 1. The molecule has 45 heavy (non-hydrogen) atoms. The van der Waals surface area contributed by atoms with Gasteiger partial charge in [0.1, 0.15) is 5.56 Å². The molecule has 0 radical (unpaired) electrons. The predicted octanol–water partition coefficient (Wildman–Crippen LogP) is 7.16. The van der Waals surface area contributed by atoms with Gasteiger partial charge in [0.15, 0.2) is 29.6 Å². The Hall–Kier alpha value is -4.30. The number of carboxylic acid groups (broad SMARTS) is 1. The number of aromatic carboxylic acids is 1. The highest BCUT2D eigenvalue weighted by Crippen LogP contribution is 2.40. The van der Waals surface area contributed by atoms with Gasteiger partial charge in [-0.25, -0.2) is 26.7 Å². The summed E-state index contributed by atoms with van der Waals surface area (Å²) in [6.45, 7) is -0.149. The normalized spacial score (nSPS) is 18.0. The van der Waals surface area contributed by atoms with Crippen molar-refractivity contribution < 1.29 is 51.2 Å². The van der Waals surface area contributed by atoms with Crippen molar-refractivity contribution in [1.29, 1.82) is 0 Å². The maximum absolute atomic E-state index is 14.2. The van der Waals surface area contributed by atoms with Gasteiger partial charge in [-0.05, 0) is 35.4 Å². The third kappa shape index (κ3) is 7.01. The number of aliphatic hydroxyl groups excluding tert-OH is 1. The summed E-state index contributed by atoms with van der Waals surface area (Å²) in [7, 11) is 0. The standard InChI is InChI=1S/C32H24F5NO6S/c33-25-24(26(34)28(36)29(37)27(25)35)30(40)38-19-5-3-4-18(12-19)32-43-20(15-45-23-7-2-1-6-21(23)31(41)42)13-22(44-32)17-10-8-16(14-39)9-11-17/h1-12,20,22,32,39H,13-15H2,(H,38,40)(H,41,42). The first-order valence-electron chi connectivity index (χ1n) is 13.5. The van der Waals surface area contributed by atoms with E-state index < -0.39 is 65.0 Å². The van der Waals surface area contributed by atoms with Crippen LogP contribution in [-0.2, 0) is 16.1 Å². The average Bonchev–Trinajstić information content (AvgIpc) is 3.05. The number of aliphatic hydroxyl groups is 1. The van der Waals surface area contributed by atoms with E-state index in [0.29, 0.717) is 28.2 Å². The van der Waals surface area contributed by atoms with Crippen LogP contribution in [0.15, 0.2) is 77.7 Å². The minimum Gasteiger partial charge on any atom is -0.478 e. The van der Waals surface area contributed by atoms with Crippen LogP contribution in [-0.4, -0.2) is 33.9 Å². The topological polar surface area (TPSA) is 105 Å². The van der Waals surface area contributed by atoms with E-state index >= 15 is 0 Å². The van der Waals surface area contributed by atoms with E-state index in [0.717, 1.165) is 5.56 Å². The molecule has 234 valence electrons. The second kappa shape index (κ2) is 13.8. The van der Waals surface area contributed by atoms with Gasteiger partial charge < -0.3 is 25.0 Å². The molecule has 4 aromatic rings. The van der Waals surface area contributed by atoms with E-state index in [4.69, 9.17) is 9.47 Å². The molecule has 1 aliphatic heterocycles. The minimum absolute atomic E-state index is 0.0376. The molecule has 1 aliphatic rings. The lowest BCUT2D eigenvalue weighted by atomic mass is 10.0. The largest absolute Gasteiger partial charge is 0.478 e. The summed E-state index contributed by atoms with van der Waals surface area (Å²) in [5, 5.41) is 21.1. The van der Waals surface area contributed by atoms with Gasteiger partial charge in [0.25, 0.3) is 5.91 Å². The number of halogens is 5. The number of anilines is 1. The fourth-order valence-corrected chi connectivity index (χ4v) is 5.80. The van der Waals surface area contributed by atoms with Crippen LogP contribution < -0.4 is 5.32 Å². The predicted molar refractivity (Wildman–Crippen MR) is 153 cm³/mol. The molecule has 0 aliphatic carbocycles. The van der Waals surface area contributed by atoms with E-state index in [1.54, 1.807) is 48.5 Å². The number of benzene rings is 4. The van der Waals surface area contributed by atoms with Gasteiger partial charge >= 0.3 is 5.97 Å². The van der Waals surface area contributed by atoms with Crippen molar-refractivity contribution in [3.05, 3.63) is 130 Å². The quantitative estimate of drug-likeness (QED) is 0.0768. The molecule has 4 aromatic carbocycles. The Balaban J connectivity index is 1.40. The van der Waals surface area contributed by atoms with Crippen LogP contribution in [0.5, 0.6) is 0 Å². The Labute approximate surface area is 257 Å². The number of thioether (sulfide) groups is 1. The molecule has 3 N–H and O–H groups in total. The summed E-state index contributed by atoms with van der Waals surface area (Å²) >= 11 is 1.29. The number of hydrogen-bond donors (Lipinski definition) is 3. The van der Waals surface area contributed by atoms with E-state index in [-0.39, 0.29) is 17.9 Å². The number of hydrogen-bond acceptors (Lipinski definition) is 6. The highest BCUT2D eigenvalue weighted by atomic mass is 32.2. The Kier molecular flexibility index (Phi) is 9.83. The maximum Gasteiger partial charge on any atom is 0.336 e. The highest BCUT2D eigenvalue weighted by molar-refractivity contribution is 7.99. The zero-order valence-corrected chi connectivity index (χ0v) is 23.9. The maximum atomic E-state index is 14.2. The second-order valence-electron chi connectivity index (χ2n) is 9.99. The SMILES string of the molecule is O=C(O)c1ccccc1SCC1CC(c2ccc(CO)cc2)OC(c2cccc(NC(=O)c3c(F)c(F)c(F)c(F)c3F)c2)O1. The molecular formula is C32H24F5NO6S. The van der Waals surface area contributed by atoms with E-state index in [9.17, 15) is 41.8 Å². The summed E-state index contributed by atoms with van der Waals surface area (Å²) in [6.07, 6.45) is -1.63. The smallest absolute Gasteiger partial charge is 0.336 e. The summed E-state index contributed by atoms with van der Waals surface area (Å²) in [5.41, 5.74) is 0.299. The third-order valence-electron chi connectivity index (χ3n) is 7.01. The Morgan fingerprint density at radius 3 is 2.16 bits per heavy atom. The molecule has 1 heterocycles. The van der Waals surface area contributed by atoms with E-state index in [1.165, 1.54) is 36.0 Å². The van der Waals surface area contributed by atoms with Crippen LogP contribution in [0.2, 0.25) is 0 Å². The zero-order valence-electron chi connectivity index (χ0n) is 23.1. The molecule has 1 fully saturated rings. The monoisotopic (exact) mass is 645 g/mol. The molecule has 3 atom stereocenters. The zero-order chi connectivity index (χ0) is 32.2. The molecule has 0 bridgehead atoms. The molecule has 1 saturated heterocycles. The van der Waals surface area contributed by atoms with Gasteiger partial charge in [-0.15, -0.1) is 11.8 Å².